The van der Waals surface area contributed by atoms with Gasteiger partial charge in [0, 0.05) is 19.3 Å². The molecule has 0 saturated heterocycles. The first-order valence-corrected chi connectivity index (χ1v) is 21.5. The Morgan fingerprint density at radius 2 is 0.745 bits per heavy atom. The number of carbonyl (C=O) groups is 3. The van der Waals surface area contributed by atoms with E-state index in [0.717, 1.165) is 103 Å². The van der Waals surface area contributed by atoms with Crippen LogP contribution in [0.3, 0.4) is 0 Å². The van der Waals surface area contributed by atoms with Crippen molar-refractivity contribution >= 4 is 17.9 Å². The first kappa shape index (κ1) is 48.6. The monoisotopic (exact) mass is 717 g/mol. The molecule has 0 aliphatic heterocycles. The van der Waals surface area contributed by atoms with Gasteiger partial charge in [0.25, 0.3) is 0 Å². The summed E-state index contributed by atoms with van der Waals surface area (Å²) in [7, 11) is 0. The molecular formula is C45H80O6. The standard InChI is InChI=1S/C45H80O6/c1-4-7-10-13-16-19-22-23-24-27-29-32-35-38-44(47)50-41-42(51-45(48)39-36-33-30-26-21-18-15-12-9-6-3)40-49-43(46)37-34-31-28-25-20-17-14-11-8-5-2/h10,12-13,15,19,22,42H,4-9,11,14,16-18,20-21,23-41H2,1-3H3/b13-10-,15-12-,22-19-. The third-order valence-corrected chi connectivity index (χ3v) is 9.08. The first-order chi connectivity index (χ1) is 25.0. The second-order valence-corrected chi connectivity index (χ2v) is 14.3. The highest BCUT2D eigenvalue weighted by atomic mass is 16.6. The lowest BCUT2D eigenvalue weighted by atomic mass is 10.1. The maximum Gasteiger partial charge on any atom is 0.306 e. The minimum absolute atomic E-state index is 0.0787. The van der Waals surface area contributed by atoms with Gasteiger partial charge >= 0.3 is 17.9 Å². The van der Waals surface area contributed by atoms with Crippen molar-refractivity contribution in [3.8, 4) is 0 Å². The molecule has 0 aliphatic rings. The normalized spacial score (nSPS) is 12.3. The molecule has 51 heavy (non-hydrogen) atoms. The van der Waals surface area contributed by atoms with E-state index in [0.29, 0.717) is 19.3 Å². The van der Waals surface area contributed by atoms with Crippen molar-refractivity contribution in [2.75, 3.05) is 13.2 Å². The second-order valence-electron chi connectivity index (χ2n) is 14.3. The zero-order chi connectivity index (χ0) is 37.3. The maximum absolute atomic E-state index is 12.6. The number of hydrogen-bond acceptors (Lipinski definition) is 6. The van der Waals surface area contributed by atoms with Gasteiger partial charge in [0.05, 0.1) is 0 Å². The quantitative estimate of drug-likeness (QED) is 0.0274. The number of carbonyl (C=O) groups excluding carboxylic acids is 3. The van der Waals surface area contributed by atoms with Crippen molar-refractivity contribution in [3.05, 3.63) is 36.5 Å². The average Bonchev–Trinajstić information content (AvgIpc) is 3.12. The number of esters is 3. The van der Waals surface area contributed by atoms with Crippen molar-refractivity contribution in [1.29, 1.82) is 0 Å². The third kappa shape index (κ3) is 38.7. The van der Waals surface area contributed by atoms with Gasteiger partial charge in [-0.05, 0) is 64.2 Å². The van der Waals surface area contributed by atoms with E-state index in [-0.39, 0.29) is 31.1 Å². The first-order valence-electron chi connectivity index (χ1n) is 21.5. The fourth-order valence-corrected chi connectivity index (χ4v) is 5.83. The van der Waals surface area contributed by atoms with Gasteiger partial charge in [-0.3, -0.25) is 14.4 Å². The predicted octanol–water partition coefficient (Wildman–Crippen LogP) is 13.4. The van der Waals surface area contributed by atoms with Crippen molar-refractivity contribution < 1.29 is 28.6 Å². The Balaban J connectivity index is 4.38. The van der Waals surface area contributed by atoms with E-state index >= 15 is 0 Å². The molecule has 0 amide bonds. The van der Waals surface area contributed by atoms with Gasteiger partial charge in [-0.25, -0.2) is 0 Å². The van der Waals surface area contributed by atoms with E-state index in [1.165, 1.54) is 70.6 Å². The molecule has 6 heteroatoms. The summed E-state index contributed by atoms with van der Waals surface area (Å²) in [6.07, 6.45) is 44.1. The van der Waals surface area contributed by atoms with Crippen molar-refractivity contribution in [1.82, 2.24) is 0 Å². The molecule has 0 rings (SSSR count). The molecule has 1 atom stereocenters. The van der Waals surface area contributed by atoms with E-state index in [9.17, 15) is 14.4 Å². The maximum atomic E-state index is 12.6. The van der Waals surface area contributed by atoms with E-state index in [4.69, 9.17) is 14.2 Å². The zero-order valence-corrected chi connectivity index (χ0v) is 33.6. The molecule has 0 bridgehead atoms. The van der Waals surface area contributed by atoms with Gasteiger partial charge in [-0.1, -0.05) is 166 Å². The lowest BCUT2D eigenvalue weighted by molar-refractivity contribution is -0.167. The minimum atomic E-state index is -0.775. The van der Waals surface area contributed by atoms with Crippen LogP contribution >= 0.6 is 0 Å². The summed E-state index contributed by atoms with van der Waals surface area (Å²) in [5, 5.41) is 0. The number of unbranched alkanes of at least 4 members (excludes halogenated alkanes) is 21. The molecule has 0 radical (unpaired) electrons. The van der Waals surface area contributed by atoms with Gasteiger partial charge in [0.2, 0.25) is 0 Å². The highest BCUT2D eigenvalue weighted by molar-refractivity contribution is 5.71. The molecule has 6 nitrogen and oxygen atoms in total. The van der Waals surface area contributed by atoms with Crippen LogP contribution < -0.4 is 0 Å². The van der Waals surface area contributed by atoms with Gasteiger partial charge in [-0.15, -0.1) is 0 Å². The van der Waals surface area contributed by atoms with Gasteiger partial charge in [-0.2, -0.15) is 0 Å². The van der Waals surface area contributed by atoms with E-state index < -0.39 is 6.10 Å². The van der Waals surface area contributed by atoms with Crippen LogP contribution in [0.1, 0.15) is 213 Å². The second kappa shape index (κ2) is 40.4. The molecule has 0 aromatic heterocycles. The largest absolute Gasteiger partial charge is 0.462 e. The molecule has 0 aromatic rings. The summed E-state index contributed by atoms with van der Waals surface area (Å²) >= 11 is 0. The number of ether oxygens (including phenoxy) is 3. The summed E-state index contributed by atoms with van der Waals surface area (Å²) in [5.41, 5.74) is 0. The molecule has 1 unspecified atom stereocenters. The Morgan fingerprint density at radius 3 is 1.20 bits per heavy atom. The highest BCUT2D eigenvalue weighted by Crippen LogP contribution is 2.14. The predicted molar refractivity (Wildman–Crippen MR) is 215 cm³/mol. The van der Waals surface area contributed by atoms with Crippen LogP contribution in [0.2, 0.25) is 0 Å². The molecular weight excluding hydrogens is 636 g/mol. The highest BCUT2D eigenvalue weighted by Gasteiger charge is 2.19. The number of allylic oxidation sites excluding steroid dienone is 6. The number of hydrogen-bond donors (Lipinski definition) is 0. The molecule has 0 N–H and O–H groups in total. The molecule has 0 aliphatic carbocycles. The van der Waals surface area contributed by atoms with Crippen LogP contribution in [0.25, 0.3) is 0 Å². The Kier molecular flexibility index (Phi) is 38.5. The van der Waals surface area contributed by atoms with Crippen molar-refractivity contribution in [2.45, 2.75) is 219 Å². The number of rotatable bonds is 38. The minimum Gasteiger partial charge on any atom is -0.462 e. The van der Waals surface area contributed by atoms with Gasteiger partial charge in [0.15, 0.2) is 6.10 Å². The van der Waals surface area contributed by atoms with E-state index in [2.05, 4.69) is 57.2 Å². The molecule has 296 valence electrons. The van der Waals surface area contributed by atoms with Crippen molar-refractivity contribution in [3.63, 3.8) is 0 Å². The topological polar surface area (TPSA) is 78.9 Å². The Labute approximate surface area is 315 Å². The lowest BCUT2D eigenvalue weighted by Gasteiger charge is -2.18. The van der Waals surface area contributed by atoms with E-state index in [1.807, 2.05) is 0 Å². The van der Waals surface area contributed by atoms with Crippen LogP contribution in [0.15, 0.2) is 36.5 Å². The van der Waals surface area contributed by atoms with Crippen LogP contribution in [-0.2, 0) is 28.6 Å². The Hall–Kier alpha value is -2.37. The van der Waals surface area contributed by atoms with Gasteiger partial charge in [0.1, 0.15) is 13.2 Å². The van der Waals surface area contributed by atoms with Crippen LogP contribution in [0, 0.1) is 0 Å². The van der Waals surface area contributed by atoms with Crippen LogP contribution in [0.5, 0.6) is 0 Å². The molecule has 0 saturated carbocycles. The van der Waals surface area contributed by atoms with Crippen LogP contribution in [-0.4, -0.2) is 37.2 Å². The average molecular weight is 717 g/mol. The van der Waals surface area contributed by atoms with Crippen molar-refractivity contribution in [2.24, 2.45) is 0 Å². The Bertz CT molecular complexity index is 876. The lowest BCUT2D eigenvalue weighted by Crippen LogP contribution is -2.30. The molecule has 0 aromatic carbocycles. The van der Waals surface area contributed by atoms with E-state index in [1.54, 1.807) is 0 Å². The fraction of sp³-hybridized carbons (Fsp3) is 0.800. The van der Waals surface area contributed by atoms with Gasteiger partial charge < -0.3 is 14.2 Å². The summed E-state index contributed by atoms with van der Waals surface area (Å²) in [5.74, 6) is -0.908. The summed E-state index contributed by atoms with van der Waals surface area (Å²) in [4.78, 5) is 37.6. The summed E-state index contributed by atoms with van der Waals surface area (Å²) in [6.45, 7) is 6.46. The fourth-order valence-electron chi connectivity index (χ4n) is 5.83. The summed E-state index contributed by atoms with van der Waals surface area (Å²) in [6, 6.07) is 0. The van der Waals surface area contributed by atoms with Crippen LogP contribution in [0.4, 0.5) is 0 Å². The molecule has 0 heterocycles. The SMILES string of the molecule is CCC/C=C\C/C=C\CCCCCCCC(=O)OCC(COC(=O)CCCCCCCCCCCC)OC(=O)CCCCCCC/C=C\CCC. The Morgan fingerprint density at radius 1 is 0.392 bits per heavy atom. The zero-order valence-electron chi connectivity index (χ0n) is 33.6. The summed E-state index contributed by atoms with van der Waals surface area (Å²) < 4.78 is 16.6. The molecule has 0 fully saturated rings. The smallest absolute Gasteiger partial charge is 0.306 e. The third-order valence-electron chi connectivity index (χ3n) is 9.08. The molecule has 0 spiro atoms.